The number of aromatic carboxylic acids is 1. The van der Waals surface area contributed by atoms with E-state index < -0.39 is 11.9 Å². The molecule has 0 radical (unpaired) electrons. The van der Waals surface area contributed by atoms with Gasteiger partial charge >= 0.3 is 5.97 Å². The minimum Gasteiger partial charge on any atom is -0.508 e. The Bertz CT molecular complexity index is 1010. The fourth-order valence-electron chi connectivity index (χ4n) is 2.28. The van der Waals surface area contributed by atoms with Gasteiger partial charge in [-0.15, -0.1) is 0 Å². The van der Waals surface area contributed by atoms with Crippen molar-refractivity contribution in [1.82, 2.24) is 10.2 Å². The lowest BCUT2D eigenvalue weighted by Gasteiger charge is -2.05. The maximum absolute atomic E-state index is 11.8. The Balaban J connectivity index is 1.85. The summed E-state index contributed by atoms with van der Waals surface area (Å²) in [7, 11) is 0. The van der Waals surface area contributed by atoms with E-state index in [2.05, 4.69) is 20.5 Å². The number of primary amides is 1. The van der Waals surface area contributed by atoms with Crippen LogP contribution in [0.1, 0.15) is 26.3 Å². The van der Waals surface area contributed by atoms with Crippen molar-refractivity contribution < 1.29 is 19.8 Å². The Labute approximate surface area is 153 Å². The summed E-state index contributed by atoms with van der Waals surface area (Å²) >= 11 is 0. The van der Waals surface area contributed by atoms with Crippen molar-refractivity contribution in [3.8, 4) is 5.75 Å². The molecule has 0 atom stereocenters. The van der Waals surface area contributed by atoms with Crippen molar-refractivity contribution in [3.63, 3.8) is 0 Å². The van der Waals surface area contributed by atoms with Crippen molar-refractivity contribution in [3.05, 3.63) is 65.2 Å². The monoisotopic (exact) mass is 365 g/mol. The largest absolute Gasteiger partial charge is 0.508 e. The molecule has 0 aliphatic heterocycles. The molecule has 9 nitrogen and oxygen atoms in total. The van der Waals surface area contributed by atoms with Crippen LogP contribution in [0.3, 0.4) is 0 Å². The predicted molar refractivity (Wildman–Crippen MR) is 99.2 cm³/mol. The maximum Gasteiger partial charge on any atom is 0.335 e. The number of rotatable bonds is 6. The highest BCUT2D eigenvalue weighted by Gasteiger charge is 2.18. The van der Waals surface area contributed by atoms with Crippen molar-refractivity contribution >= 4 is 35.4 Å². The van der Waals surface area contributed by atoms with Gasteiger partial charge in [0.25, 0.3) is 5.91 Å². The summed E-state index contributed by atoms with van der Waals surface area (Å²) in [5.74, 6) is -1.30. The number of H-pyrrole nitrogens is 1. The van der Waals surface area contributed by atoms with Gasteiger partial charge in [0.05, 0.1) is 5.56 Å². The van der Waals surface area contributed by atoms with Gasteiger partial charge in [-0.1, -0.05) is 0 Å². The van der Waals surface area contributed by atoms with Crippen LogP contribution >= 0.6 is 0 Å². The third kappa shape index (κ3) is 4.10. The van der Waals surface area contributed by atoms with Crippen LogP contribution in [0.5, 0.6) is 5.75 Å². The van der Waals surface area contributed by atoms with E-state index in [1.54, 1.807) is 24.3 Å². The molecule has 1 heterocycles. The summed E-state index contributed by atoms with van der Waals surface area (Å²) < 4.78 is 0. The molecule has 27 heavy (non-hydrogen) atoms. The number of carboxylic acid groups (broad SMARTS) is 1. The molecule has 0 aliphatic rings. The van der Waals surface area contributed by atoms with Gasteiger partial charge in [-0.25, -0.2) is 9.79 Å². The number of aromatic amines is 1. The molecule has 0 bridgehead atoms. The Morgan fingerprint density at radius 2 is 1.78 bits per heavy atom. The normalized spacial score (nSPS) is 10.8. The fraction of sp³-hybridized carbons (Fsp3) is 0. The van der Waals surface area contributed by atoms with E-state index in [1.807, 2.05) is 0 Å². The number of hydrogen-bond acceptors (Lipinski definition) is 6. The number of benzene rings is 2. The van der Waals surface area contributed by atoms with E-state index in [9.17, 15) is 14.7 Å². The van der Waals surface area contributed by atoms with Gasteiger partial charge in [-0.2, -0.15) is 5.10 Å². The third-order valence-corrected chi connectivity index (χ3v) is 3.62. The molecular formula is C18H15N5O4. The van der Waals surface area contributed by atoms with Crippen molar-refractivity contribution in [1.29, 1.82) is 0 Å². The van der Waals surface area contributed by atoms with Crippen LogP contribution < -0.4 is 11.1 Å². The Morgan fingerprint density at radius 1 is 1.11 bits per heavy atom. The fourth-order valence-corrected chi connectivity index (χ4v) is 2.28. The first-order chi connectivity index (χ1) is 12.9. The first-order valence-corrected chi connectivity index (χ1v) is 7.75. The maximum atomic E-state index is 11.8. The Morgan fingerprint density at radius 3 is 2.37 bits per heavy atom. The molecule has 3 rings (SSSR count). The molecule has 0 unspecified atom stereocenters. The highest BCUT2D eigenvalue weighted by molar-refractivity contribution is 6.03. The molecule has 3 aromatic rings. The number of phenols is 1. The molecule has 0 aliphatic carbocycles. The zero-order valence-electron chi connectivity index (χ0n) is 13.9. The van der Waals surface area contributed by atoms with Crippen LogP contribution in [0.4, 0.5) is 17.3 Å². The molecular weight excluding hydrogens is 350 g/mol. The number of aliphatic imine (C=N–C) groups is 1. The predicted octanol–water partition coefficient (Wildman–Crippen LogP) is 2.41. The summed E-state index contributed by atoms with van der Waals surface area (Å²) in [6.07, 6.45) is 1.49. The SMILES string of the molecule is NC(=O)c1c(Nc2ccc(C(=O)O)cc2)n[nH]c1N=Cc1ccc(O)cc1. The molecule has 2 aromatic carbocycles. The number of anilines is 2. The van der Waals surface area contributed by atoms with Crippen LogP contribution in [0.15, 0.2) is 53.5 Å². The molecule has 136 valence electrons. The summed E-state index contributed by atoms with van der Waals surface area (Å²) in [6, 6.07) is 12.3. The van der Waals surface area contributed by atoms with E-state index in [1.165, 1.54) is 30.5 Å². The molecule has 0 spiro atoms. The number of carbonyl (C=O) groups excluding carboxylic acids is 1. The molecule has 0 fully saturated rings. The molecule has 0 saturated carbocycles. The van der Waals surface area contributed by atoms with Crippen LogP contribution in [-0.2, 0) is 0 Å². The molecule has 9 heteroatoms. The average Bonchev–Trinajstić information content (AvgIpc) is 3.04. The minimum atomic E-state index is -1.04. The van der Waals surface area contributed by atoms with Crippen molar-refractivity contribution in [2.24, 2.45) is 10.7 Å². The van der Waals surface area contributed by atoms with Gasteiger partial charge < -0.3 is 21.3 Å². The van der Waals surface area contributed by atoms with Crippen molar-refractivity contribution in [2.75, 3.05) is 5.32 Å². The minimum absolute atomic E-state index is 0.0624. The standard InChI is InChI=1S/C18H15N5O4/c19-15(25)14-16(20-9-10-1-7-13(24)8-2-10)22-23-17(14)21-12-5-3-11(4-6-12)18(26)27/h1-9,24H,(H2,19,25)(H,26,27)(H2,21,22,23). The number of nitrogens with zero attached hydrogens (tertiary/aromatic N) is 2. The second-order valence-corrected chi connectivity index (χ2v) is 5.52. The number of amides is 1. The van der Waals surface area contributed by atoms with Gasteiger partial charge in [0, 0.05) is 11.9 Å². The number of carboxylic acids is 1. The lowest BCUT2D eigenvalue weighted by Crippen LogP contribution is -2.12. The van der Waals surface area contributed by atoms with Crippen molar-refractivity contribution in [2.45, 2.75) is 0 Å². The van der Waals surface area contributed by atoms with Gasteiger partial charge in [0.2, 0.25) is 0 Å². The number of phenolic OH excluding ortho intramolecular Hbond substituents is 1. The van der Waals surface area contributed by atoms with E-state index in [-0.39, 0.29) is 28.5 Å². The highest BCUT2D eigenvalue weighted by Crippen LogP contribution is 2.26. The topological polar surface area (TPSA) is 154 Å². The molecule has 1 aromatic heterocycles. The zero-order valence-corrected chi connectivity index (χ0v) is 13.9. The first kappa shape index (κ1) is 17.7. The van der Waals surface area contributed by atoms with Crippen LogP contribution in [0, 0.1) is 0 Å². The van der Waals surface area contributed by atoms with E-state index >= 15 is 0 Å². The number of carbonyl (C=O) groups is 2. The first-order valence-electron chi connectivity index (χ1n) is 7.75. The van der Waals surface area contributed by atoms with Gasteiger partial charge in [0.1, 0.15) is 11.3 Å². The van der Waals surface area contributed by atoms with E-state index in [0.29, 0.717) is 11.3 Å². The van der Waals surface area contributed by atoms with Crippen LogP contribution in [0.2, 0.25) is 0 Å². The second-order valence-electron chi connectivity index (χ2n) is 5.52. The average molecular weight is 365 g/mol. The Hall–Kier alpha value is -4.14. The lowest BCUT2D eigenvalue weighted by atomic mass is 10.2. The lowest BCUT2D eigenvalue weighted by molar-refractivity contribution is 0.0696. The quantitative estimate of drug-likeness (QED) is 0.423. The van der Waals surface area contributed by atoms with Crippen LogP contribution in [-0.4, -0.2) is 38.5 Å². The second kappa shape index (κ2) is 7.40. The summed E-state index contributed by atoms with van der Waals surface area (Å²) in [5.41, 5.74) is 6.88. The highest BCUT2D eigenvalue weighted by atomic mass is 16.4. The molecule has 1 amide bonds. The van der Waals surface area contributed by atoms with Gasteiger partial charge in [-0.3, -0.25) is 9.89 Å². The number of nitrogens with one attached hydrogen (secondary N) is 2. The zero-order chi connectivity index (χ0) is 19.4. The number of aromatic nitrogens is 2. The summed E-state index contributed by atoms with van der Waals surface area (Å²) in [6.45, 7) is 0. The summed E-state index contributed by atoms with van der Waals surface area (Å²) in [4.78, 5) is 26.9. The number of hydrogen-bond donors (Lipinski definition) is 5. The molecule has 6 N–H and O–H groups in total. The summed E-state index contributed by atoms with van der Waals surface area (Å²) in [5, 5.41) is 27.8. The smallest absolute Gasteiger partial charge is 0.335 e. The number of aromatic hydroxyl groups is 1. The van der Waals surface area contributed by atoms with Crippen LogP contribution in [0.25, 0.3) is 0 Å². The molecule has 0 saturated heterocycles. The van der Waals surface area contributed by atoms with E-state index in [4.69, 9.17) is 10.8 Å². The van der Waals surface area contributed by atoms with Gasteiger partial charge in [-0.05, 0) is 54.1 Å². The number of nitrogens with two attached hydrogens (primary N) is 1. The van der Waals surface area contributed by atoms with E-state index in [0.717, 1.165) is 0 Å². The third-order valence-electron chi connectivity index (χ3n) is 3.62. The Kier molecular flexibility index (Phi) is 4.84. The van der Waals surface area contributed by atoms with Gasteiger partial charge in [0.15, 0.2) is 11.6 Å².